The Morgan fingerprint density at radius 2 is 2.26 bits per heavy atom. The largest absolute Gasteiger partial charge is 0.461 e. The van der Waals surface area contributed by atoms with Crippen molar-refractivity contribution in [1.29, 1.82) is 0 Å². The maximum absolute atomic E-state index is 12.3. The fourth-order valence-corrected chi connectivity index (χ4v) is 1.59. The maximum atomic E-state index is 12.3. The minimum atomic E-state index is -2.49. The summed E-state index contributed by atoms with van der Waals surface area (Å²) in [6.07, 6.45) is -1.01. The molecule has 0 aromatic carbocycles. The second-order valence-electron chi connectivity index (χ2n) is 3.84. The second kappa shape index (κ2) is 6.39. The van der Waals surface area contributed by atoms with Crippen molar-refractivity contribution in [2.45, 2.75) is 13.0 Å². The van der Waals surface area contributed by atoms with Gasteiger partial charge in [0.25, 0.3) is 6.43 Å². The highest BCUT2D eigenvalue weighted by molar-refractivity contribution is 5.44. The van der Waals surface area contributed by atoms with Crippen molar-refractivity contribution in [3.8, 4) is 11.6 Å². The molecular formula is C11H13F2N3O3. The number of hydrogen-bond donors (Lipinski definition) is 1. The molecule has 0 radical (unpaired) electrons. The van der Waals surface area contributed by atoms with Crippen LogP contribution in [0.4, 0.5) is 8.78 Å². The Bertz CT molecular complexity index is 487. The number of hydrogen-bond acceptors (Lipinski definition) is 6. The summed E-state index contributed by atoms with van der Waals surface area (Å²) >= 11 is 0. The van der Waals surface area contributed by atoms with Crippen LogP contribution in [0.2, 0.25) is 0 Å². The van der Waals surface area contributed by atoms with E-state index in [2.05, 4.69) is 10.1 Å². The monoisotopic (exact) mass is 273 g/mol. The smallest absolute Gasteiger partial charge is 0.251 e. The quantitative estimate of drug-likeness (QED) is 0.821. The number of aromatic nitrogens is 2. The molecule has 19 heavy (non-hydrogen) atoms. The number of alkyl halides is 2. The predicted molar refractivity (Wildman–Crippen MR) is 60.4 cm³/mol. The van der Waals surface area contributed by atoms with Crippen molar-refractivity contribution in [3.05, 3.63) is 24.3 Å². The molecule has 0 aliphatic carbocycles. The van der Waals surface area contributed by atoms with Crippen molar-refractivity contribution in [2.24, 2.45) is 0 Å². The lowest BCUT2D eigenvalue weighted by atomic mass is 10.4. The fraction of sp³-hybridized carbons (Fsp3) is 0.455. The molecule has 0 unspecified atom stereocenters. The third-order valence-electron chi connectivity index (χ3n) is 2.38. The first-order valence-electron chi connectivity index (χ1n) is 5.67. The Balaban J connectivity index is 2.01. The van der Waals surface area contributed by atoms with E-state index in [9.17, 15) is 8.78 Å². The van der Waals surface area contributed by atoms with Gasteiger partial charge in [-0.05, 0) is 12.1 Å². The van der Waals surface area contributed by atoms with E-state index < -0.39 is 13.0 Å². The van der Waals surface area contributed by atoms with Crippen molar-refractivity contribution in [3.63, 3.8) is 0 Å². The van der Waals surface area contributed by atoms with Gasteiger partial charge in [-0.2, -0.15) is 4.98 Å². The third kappa shape index (κ3) is 3.83. The van der Waals surface area contributed by atoms with Gasteiger partial charge in [0.2, 0.25) is 11.7 Å². The predicted octanol–water partition coefficient (Wildman–Crippen LogP) is 1.39. The summed E-state index contributed by atoms with van der Waals surface area (Å²) in [5.41, 5.74) is 0. The van der Waals surface area contributed by atoms with E-state index in [1.807, 2.05) is 0 Å². The molecule has 2 rings (SSSR count). The van der Waals surface area contributed by atoms with E-state index in [-0.39, 0.29) is 31.4 Å². The number of aliphatic hydroxyl groups excluding tert-OH is 1. The normalized spacial score (nSPS) is 11.6. The molecule has 0 spiro atoms. The van der Waals surface area contributed by atoms with Crippen LogP contribution in [-0.4, -0.2) is 46.3 Å². The van der Waals surface area contributed by atoms with Crippen LogP contribution < -0.4 is 0 Å². The van der Waals surface area contributed by atoms with Gasteiger partial charge in [0.05, 0.1) is 26.0 Å². The molecule has 6 nitrogen and oxygen atoms in total. The van der Waals surface area contributed by atoms with Gasteiger partial charge in [0.15, 0.2) is 5.76 Å². The lowest BCUT2D eigenvalue weighted by molar-refractivity contribution is 0.0692. The van der Waals surface area contributed by atoms with Crippen molar-refractivity contribution < 1.29 is 22.8 Å². The summed E-state index contributed by atoms with van der Waals surface area (Å²) in [4.78, 5) is 5.38. The molecule has 1 N–H and O–H groups in total. The molecule has 0 fully saturated rings. The minimum Gasteiger partial charge on any atom is -0.461 e. The molecule has 8 heteroatoms. The average Bonchev–Trinajstić information content (AvgIpc) is 2.97. The van der Waals surface area contributed by atoms with Gasteiger partial charge < -0.3 is 14.0 Å². The Hall–Kier alpha value is -1.80. The fourth-order valence-electron chi connectivity index (χ4n) is 1.59. The molecule has 2 heterocycles. The molecule has 0 saturated heterocycles. The van der Waals surface area contributed by atoms with E-state index in [0.29, 0.717) is 5.76 Å². The highest BCUT2D eigenvalue weighted by Gasteiger charge is 2.17. The van der Waals surface area contributed by atoms with Gasteiger partial charge >= 0.3 is 0 Å². The van der Waals surface area contributed by atoms with Crippen molar-refractivity contribution in [2.75, 3.05) is 19.7 Å². The number of halogens is 2. The van der Waals surface area contributed by atoms with Crippen LogP contribution in [-0.2, 0) is 6.54 Å². The molecule has 0 amide bonds. The molecule has 2 aromatic heterocycles. The van der Waals surface area contributed by atoms with Gasteiger partial charge in [0, 0.05) is 6.54 Å². The molecule has 0 saturated carbocycles. The summed E-state index contributed by atoms with van der Waals surface area (Å²) in [5.74, 6) is 0.902. The molecule has 0 atom stereocenters. The topological polar surface area (TPSA) is 75.5 Å². The first-order chi connectivity index (χ1) is 9.19. The molecular weight excluding hydrogens is 260 g/mol. The Labute approximate surface area is 107 Å². The number of aliphatic hydroxyl groups is 1. The maximum Gasteiger partial charge on any atom is 0.251 e. The summed E-state index contributed by atoms with van der Waals surface area (Å²) in [6.45, 7) is -0.508. The molecule has 0 aliphatic rings. The van der Waals surface area contributed by atoms with Crippen LogP contribution in [0.3, 0.4) is 0 Å². The first kappa shape index (κ1) is 13.6. The van der Waals surface area contributed by atoms with Crippen LogP contribution in [0.5, 0.6) is 0 Å². The molecule has 0 aliphatic heterocycles. The Morgan fingerprint density at radius 3 is 2.89 bits per heavy atom. The standard InChI is InChI=1S/C11H13F2N3O3/c12-9(13)6-16(3-4-17)7-10-14-11(15-19-10)8-2-1-5-18-8/h1-2,5,9,17H,3-4,6-7H2. The molecule has 2 aromatic rings. The highest BCUT2D eigenvalue weighted by Crippen LogP contribution is 2.16. The average molecular weight is 273 g/mol. The van der Waals surface area contributed by atoms with Crippen LogP contribution in [0.15, 0.2) is 27.3 Å². The summed E-state index contributed by atoms with van der Waals surface area (Å²) in [6, 6.07) is 3.35. The zero-order valence-corrected chi connectivity index (χ0v) is 10.00. The minimum absolute atomic E-state index is 0.0542. The van der Waals surface area contributed by atoms with Gasteiger partial charge in [-0.3, -0.25) is 4.90 Å². The van der Waals surface area contributed by atoms with Crippen LogP contribution in [0.25, 0.3) is 11.6 Å². The SMILES string of the molecule is OCCN(Cc1nc(-c2ccco2)no1)CC(F)F. The number of nitrogens with zero attached hydrogens (tertiary/aromatic N) is 3. The van der Waals surface area contributed by atoms with E-state index in [1.54, 1.807) is 12.1 Å². The lowest BCUT2D eigenvalue weighted by Gasteiger charge is -2.18. The van der Waals surface area contributed by atoms with Gasteiger partial charge in [-0.15, -0.1) is 0 Å². The van der Waals surface area contributed by atoms with Crippen LogP contribution in [0, 0.1) is 0 Å². The zero-order chi connectivity index (χ0) is 13.7. The van der Waals surface area contributed by atoms with Gasteiger partial charge in [-0.25, -0.2) is 8.78 Å². The zero-order valence-electron chi connectivity index (χ0n) is 10.00. The first-order valence-corrected chi connectivity index (χ1v) is 5.67. The van der Waals surface area contributed by atoms with E-state index >= 15 is 0 Å². The van der Waals surface area contributed by atoms with E-state index in [4.69, 9.17) is 14.0 Å². The molecule has 0 bridgehead atoms. The van der Waals surface area contributed by atoms with Gasteiger partial charge in [-0.1, -0.05) is 5.16 Å². The lowest BCUT2D eigenvalue weighted by Crippen LogP contribution is -2.31. The third-order valence-corrected chi connectivity index (χ3v) is 2.38. The van der Waals surface area contributed by atoms with Crippen molar-refractivity contribution >= 4 is 0 Å². The van der Waals surface area contributed by atoms with Crippen LogP contribution in [0.1, 0.15) is 5.89 Å². The Morgan fingerprint density at radius 1 is 1.42 bits per heavy atom. The summed E-state index contributed by atoms with van der Waals surface area (Å²) in [7, 11) is 0. The summed E-state index contributed by atoms with van der Waals surface area (Å²) in [5, 5.41) is 12.5. The van der Waals surface area contributed by atoms with Gasteiger partial charge in [0.1, 0.15) is 0 Å². The van der Waals surface area contributed by atoms with E-state index in [0.717, 1.165) is 0 Å². The number of rotatable bonds is 7. The second-order valence-corrected chi connectivity index (χ2v) is 3.84. The summed E-state index contributed by atoms with van der Waals surface area (Å²) < 4.78 is 34.7. The number of furan rings is 1. The van der Waals surface area contributed by atoms with Crippen LogP contribution >= 0.6 is 0 Å². The highest BCUT2D eigenvalue weighted by atomic mass is 19.3. The Kier molecular flexibility index (Phi) is 4.58. The van der Waals surface area contributed by atoms with Crippen molar-refractivity contribution in [1.82, 2.24) is 15.0 Å². The molecule has 104 valence electrons. The van der Waals surface area contributed by atoms with E-state index in [1.165, 1.54) is 11.2 Å².